The molecule has 0 amide bonds. The standard InChI is InChI=1S/C46H42BN5/c1-45(2,3)31-21-23-38-36(27-31)37-28-32(46(4,5)6)22-24-39(37)50(38)35-29-40-44-41(30-35)52(34-17-11-8-12-18-34)43-20-14-26-49(43)47(44)48-25-13-19-42(48)51(40)33-15-9-7-10-16-33/h7-30H,1-6H3. The molecule has 2 aliphatic rings. The highest BCUT2D eigenvalue weighted by Gasteiger charge is 2.44. The number of para-hydroxylation sites is 2. The summed E-state index contributed by atoms with van der Waals surface area (Å²) in [7, 11) is 0. The smallest absolute Gasteiger partial charge is 0.353 e. The lowest BCUT2D eigenvalue weighted by molar-refractivity contribution is 0.590. The van der Waals surface area contributed by atoms with Gasteiger partial charge in [-0.25, -0.2) is 0 Å². The zero-order valence-corrected chi connectivity index (χ0v) is 30.7. The van der Waals surface area contributed by atoms with Gasteiger partial charge in [-0.15, -0.1) is 0 Å². The van der Waals surface area contributed by atoms with Gasteiger partial charge in [0.1, 0.15) is 11.6 Å². The molecule has 5 heterocycles. The van der Waals surface area contributed by atoms with Gasteiger partial charge in [0.15, 0.2) is 0 Å². The Kier molecular flexibility index (Phi) is 6.43. The molecule has 254 valence electrons. The normalized spacial score (nSPS) is 13.8. The Morgan fingerprint density at radius 1 is 0.442 bits per heavy atom. The summed E-state index contributed by atoms with van der Waals surface area (Å²) in [6, 6.07) is 49.6. The number of hydrogen-bond acceptors (Lipinski definition) is 2. The van der Waals surface area contributed by atoms with Crippen LogP contribution in [0.3, 0.4) is 0 Å². The molecule has 5 aromatic carbocycles. The summed E-state index contributed by atoms with van der Waals surface area (Å²) in [5.74, 6) is 2.29. The number of fused-ring (bicyclic) bond motifs is 7. The molecule has 0 bridgehead atoms. The molecule has 0 unspecified atom stereocenters. The van der Waals surface area contributed by atoms with Crippen LogP contribution in [0.4, 0.5) is 34.4 Å². The van der Waals surface area contributed by atoms with Crippen molar-refractivity contribution in [3.05, 3.63) is 157 Å². The number of hydrogen-bond donors (Lipinski definition) is 0. The highest BCUT2D eigenvalue weighted by atomic mass is 15.3. The maximum absolute atomic E-state index is 2.50. The molecule has 6 heteroatoms. The number of nitrogens with zero attached hydrogens (tertiary/aromatic N) is 5. The Morgan fingerprint density at radius 3 is 1.31 bits per heavy atom. The SMILES string of the molecule is CC(C)(C)c1ccc2c(c1)c1cc(C(C)(C)C)ccc1n2-c1cc2c3c(c1)N(c1ccccc1)c1cccn1B3n1cccc1N2c1ccccc1. The van der Waals surface area contributed by atoms with Crippen molar-refractivity contribution in [1.82, 2.24) is 13.5 Å². The quantitative estimate of drug-likeness (QED) is 0.174. The van der Waals surface area contributed by atoms with E-state index in [1.165, 1.54) is 49.8 Å². The Hall–Kier alpha value is -5.88. The molecule has 0 spiro atoms. The largest absolute Gasteiger partial charge is 0.426 e. The first-order valence-corrected chi connectivity index (χ1v) is 18.4. The van der Waals surface area contributed by atoms with Crippen molar-refractivity contribution < 1.29 is 0 Å². The van der Waals surface area contributed by atoms with Crippen LogP contribution in [0.25, 0.3) is 27.5 Å². The third-order valence-electron chi connectivity index (χ3n) is 11.1. The van der Waals surface area contributed by atoms with Crippen LogP contribution >= 0.6 is 0 Å². The second-order valence-corrected chi connectivity index (χ2v) is 16.5. The van der Waals surface area contributed by atoms with Gasteiger partial charge in [0.2, 0.25) is 0 Å². The van der Waals surface area contributed by atoms with E-state index in [4.69, 9.17) is 0 Å². The average Bonchev–Trinajstić information content (AvgIpc) is 3.89. The maximum Gasteiger partial charge on any atom is 0.426 e. The van der Waals surface area contributed by atoms with Crippen molar-refractivity contribution in [2.24, 2.45) is 0 Å². The summed E-state index contributed by atoms with van der Waals surface area (Å²) >= 11 is 0. The van der Waals surface area contributed by atoms with Crippen LogP contribution in [-0.2, 0) is 10.8 Å². The molecule has 5 nitrogen and oxygen atoms in total. The second-order valence-electron chi connectivity index (χ2n) is 16.5. The lowest BCUT2D eigenvalue weighted by Gasteiger charge is -2.43. The van der Waals surface area contributed by atoms with Gasteiger partial charge in [-0.2, -0.15) is 0 Å². The number of benzene rings is 5. The Balaban J connectivity index is 1.34. The summed E-state index contributed by atoms with van der Waals surface area (Å²) in [6.45, 7) is 13.8. The van der Waals surface area contributed by atoms with E-state index in [-0.39, 0.29) is 17.8 Å². The van der Waals surface area contributed by atoms with Crippen LogP contribution in [0.5, 0.6) is 0 Å². The van der Waals surface area contributed by atoms with Crippen molar-refractivity contribution in [2.75, 3.05) is 9.80 Å². The highest BCUT2D eigenvalue weighted by molar-refractivity contribution is 6.76. The fourth-order valence-electron chi connectivity index (χ4n) is 8.52. The minimum absolute atomic E-state index is 0.0317. The van der Waals surface area contributed by atoms with E-state index in [0.29, 0.717) is 0 Å². The molecule has 0 radical (unpaired) electrons. The van der Waals surface area contributed by atoms with Crippen molar-refractivity contribution in [1.29, 1.82) is 0 Å². The third kappa shape index (κ3) is 4.43. The van der Waals surface area contributed by atoms with Crippen molar-refractivity contribution in [3.63, 3.8) is 0 Å². The molecule has 0 fully saturated rings. The molecule has 10 rings (SSSR count). The van der Waals surface area contributed by atoms with Gasteiger partial charge in [-0.3, -0.25) is 9.80 Å². The van der Waals surface area contributed by atoms with E-state index in [0.717, 1.165) is 28.7 Å². The van der Waals surface area contributed by atoms with E-state index in [1.807, 2.05) is 0 Å². The molecular formula is C46H42BN5. The first-order chi connectivity index (χ1) is 25.1. The van der Waals surface area contributed by atoms with Crippen LogP contribution in [0, 0.1) is 0 Å². The van der Waals surface area contributed by atoms with E-state index in [9.17, 15) is 0 Å². The predicted molar refractivity (Wildman–Crippen MR) is 220 cm³/mol. The minimum Gasteiger partial charge on any atom is -0.353 e. The van der Waals surface area contributed by atoms with E-state index in [2.05, 4.69) is 211 Å². The summed E-state index contributed by atoms with van der Waals surface area (Å²) in [4.78, 5) is 4.89. The molecule has 52 heavy (non-hydrogen) atoms. The summed E-state index contributed by atoms with van der Waals surface area (Å²) in [6.07, 6.45) is 4.45. The lowest BCUT2D eigenvalue weighted by atomic mass is 9.62. The molecule has 0 aliphatic carbocycles. The fourth-order valence-corrected chi connectivity index (χ4v) is 8.52. The van der Waals surface area contributed by atoms with Crippen molar-refractivity contribution in [2.45, 2.75) is 52.4 Å². The monoisotopic (exact) mass is 675 g/mol. The van der Waals surface area contributed by atoms with Crippen LogP contribution in [-0.4, -0.2) is 20.5 Å². The van der Waals surface area contributed by atoms with Gasteiger partial charge in [0.05, 0.1) is 28.1 Å². The average molecular weight is 676 g/mol. The summed E-state index contributed by atoms with van der Waals surface area (Å²) in [5, 5.41) is 2.58. The molecule has 0 N–H and O–H groups in total. The van der Waals surface area contributed by atoms with Crippen LogP contribution in [0.2, 0.25) is 0 Å². The van der Waals surface area contributed by atoms with E-state index < -0.39 is 0 Å². The first kappa shape index (κ1) is 30.9. The molecule has 2 aliphatic heterocycles. The number of anilines is 6. The van der Waals surface area contributed by atoms with Crippen LogP contribution in [0.1, 0.15) is 52.7 Å². The number of aromatic nitrogens is 3. The highest BCUT2D eigenvalue weighted by Crippen LogP contribution is 2.48. The van der Waals surface area contributed by atoms with Gasteiger partial charge in [-0.05, 0) is 119 Å². The maximum atomic E-state index is 2.50. The Morgan fingerprint density at radius 2 is 0.885 bits per heavy atom. The topological polar surface area (TPSA) is 21.3 Å². The van der Waals surface area contributed by atoms with Gasteiger partial charge < -0.3 is 13.5 Å². The molecule has 0 saturated heterocycles. The zero-order chi connectivity index (χ0) is 35.5. The molecule has 0 atom stereocenters. The minimum atomic E-state index is -0.0317. The van der Waals surface area contributed by atoms with Crippen molar-refractivity contribution in [3.8, 4) is 5.69 Å². The van der Waals surface area contributed by atoms with Crippen LogP contribution < -0.4 is 15.3 Å². The lowest BCUT2D eigenvalue weighted by Crippen LogP contribution is -2.55. The van der Waals surface area contributed by atoms with Gasteiger partial charge in [-0.1, -0.05) is 90.1 Å². The molecule has 3 aromatic heterocycles. The van der Waals surface area contributed by atoms with E-state index >= 15 is 0 Å². The fraction of sp³-hybridized carbons (Fsp3) is 0.174. The molecule has 0 saturated carbocycles. The zero-order valence-electron chi connectivity index (χ0n) is 30.7. The summed E-state index contributed by atoms with van der Waals surface area (Å²) < 4.78 is 7.35. The predicted octanol–water partition coefficient (Wildman–Crippen LogP) is 11.3. The van der Waals surface area contributed by atoms with E-state index in [1.54, 1.807) is 0 Å². The summed E-state index contributed by atoms with van der Waals surface area (Å²) in [5.41, 5.74) is 12.2. The molecular weight excluding hydrogens is 633 g/mol. The van der Waals surface area contributed by atoms with Crippen molar-refractivity contribution >= 4 is 68.6 Å². The number of rotatable bonds is 3. The van der Waals surface area contributed by atoms with Gasteiger partial charge in [0.25, 0.3) is 0 Å². The van der Waals surface area contributed by atoms with Gasteiger partial charge >= 0.3 is 6.98 Å². The van der Waals surface area contributed by atoms with Crippen LogP contribution in [0.15, 0.2) is 146 Å². The second kappa shape index (κ2) is 10.8. The van der Waals surface area contributed by atoms with Gasteiger partial charge in [0, 0.05) is 27.6 Å². The first-order valence-electron chi connectivity index (χ1n) is 18.4. The Bertz CT molecular complexity index is 2490. The third-order valence-corrected chi connectivity index (χ3v) is 11.1. The Labute approximate surface area is 306 Å². The molecule has 8 aromatic rings.